The van der Waals surface area contributed by atoms with Gasteiger partial charge in [-0.1, -0.05) is 19.9 Å². The highest BCUT2D eigenvalue weighted by Crippen LogP contribution is 2.38. The Bertz CT molecular complexity index is 646. The summed E-state index contributed by atoms with van der Waals surface area (Å²) < 4.78 is 11.7. The van der Waals surface area contributed by atoms with E-state index in [4.69, 9.17) is 9.47 Å². The summed E-state index contributed by atoms with van der Waals surface area (Å²) in [5.74, 6) is 1.58. The first-order chi connectivity index (χ1) is 11.5. The summed E-state index contributed by atoms with van der Waals surface area (Å²) in [5, 5.41) is 6.53. The Labute approximate surface area is 143 Å². The quantitative estimate of drug-likeness (QED) is 0.862. The zero-order valence-electron chi connectivity index (χ0n) is 14.6. The van der Waals surface area contributed by atoms with Gasteiger partial charge in [-0.2, -0.15) is 5.32 Å². The lowest BCUT2D eigenvalue weighted by Gasteiger charge is -2.27. The molecule has 0 atom stereocenters. The van der Waals surface area contributed by atoms with Crippen LogP contribution in [0.5, 0.6) is 11.5 Å². The van der Waals surface area contributed by atoms with Gasteiger partial charge in [0.15, 0.2) is 11.5 Å². The molecule has 1 heterocycles. The summed E-state index contributed by atoms with van der Waals surface area (Å²) in [4.78, 5) is 11.2. The smallest absolute Gasteiger partial charge is 0.345 e. The van der Waals surface area contributed by atoms with Gasteiger partial charge in [0.2, 0.25) is 0 Å². The molecule has 1 saturated carbocycles. The number of hydrogen-bond donors (Lipinski definition) is 1. The van der Waals surface area contributed by atoms with E-state index >= 15 is 0 Å². The predicted octanol–water partition coefficient (Wildman–Crippen LogP) is 3.85. The van der Waals surface area contributed by atoms with Crippen LogP contribution in [-0.2, 0) is 5.41 Å². The Kier molecular flexibility index (Phi) is 4.69. The van der Waals surface area contributed by atoms with Crippen molar-refractivity contribution in [3.63, 3.8) is 0 Å². The van der Waals surface area contributed by atoms with Gasteiger partial charge in [-0.15, -0.1) is 0 Å². The molecule has 0 bridgehead atoms. The number of urea groups is 1. The average Bonchev–Trinajstić information content (AvgIpc) is 3.19. The number of benzene rings is 1. The molecule has 0 spiro atoms. The highest BCUT2D eigenvalue weighted by molar-refractivity contribution is 5.79. The molecule has 3 rings (SSSR count). The van der Waals surface area contributed by atoms with E-state index < -0.39 is 0 Å². The minimum atomic E-state index is -0.291. The lowest BCUT2D eigenvalue weighted by Crippen LogP contribution is -2.25. The van der Waals surface area contributed by atoms with Crippen molar-refractivity contribution >= 4 is 6.03 Å². The van der Waals surface area contributed by atoms with Crippen LogP contribution in [0.2, 0.25) is 0 Å². The molecule has 5 heteroatoms. The van der Waals surface area contributed by atoms with Gasteiger partial charge in [0.05, 0.1) is 19.4 Å². The Morgan fingerprint density at radius 1 is 1.25 bits per heavy atom. The number of ether oxygens (including phenoxy) is 2. The molecule has 5 nitrogen and oxygen atoms in total. The van der Waals surface area contributed by atoms with E-state index in [0.29, 0.717) is 6.42 Å². The van der Waals surface area contributed by atoms with E-state index in [1.54, 1.807) is 13.3 Å². The topological polar surface area (TPSA) is 61.7 Å². The number of methoxy groups -OCH3 is 1. The van der Waals surface area contributed by atoms with E-state index in [-0.39, 0.29) is 17.6 Å². The van der Waals surface area contributed by atoms with Crippen LogP contribution in [0, 0.1) is 0 Å². The number of nitrogens with zero attached hydrogens (tertiary/aromatic N) is 1. The first-order valence-electron chi connectivity index (χ1n) is 8.54. The third-order valence-corrected chi connectivity index (χ3v) is 4.78. The number of nitrogens with one attached hydrogen (secondary N) is 1. The van der Waals surface area contributed by atoms with E-state index in [1.807, 2.05) is 6.07 Å². The van der Waals surface area contributed by atoms with Gasteiger partial charge >= 0.3 is 6.03 Å². The molecule has 1 fully saturated rings. The lowest BCUT2D eigenvalue weighted by molar-refractivity contribution is 0.200. The lowest BCUT2D eigenvalue weighted by atomic mass is 9.80. The molecule has 129 valence electrons. The predicted molar refractivity (Wildman–Crippen MR) is 92.3 cm³/mol. The van der Waals surface area contributed by atoms with Gasteiger partial charge in [-0.25, -0.2) is 4.79 Å². The van der Waals surface area contributed by atoms with Crippen LogP contribution in [0.25, 0.3) is 0 Å². The maximum Gasteiger partial charge on any atom is 0.345 e. The summed E-state index contributed by atoms with van der Waals surface area (Å²) >= 11 is 0. The number of allylic oxidation sites excluding steroid dienone is 1. The van der Waals surface area contributed by atoms with E-state index in [9.17, 15) is 4.79 Å². The number of carbonyl (C=O) groups excluding carboxylic acids is 1. The second-order valence-electron chi connectivity index (χ2n) is 7.16. The molecule has 1 N–H and O–H groups in total. The van der Waals surface area contributed by atoms with Crippen molar-refractivity contribution in [2.75, 3.05) is 7.11 Å². The Balaban J connectivity index is 1.79. The molecule has 2 amide bonds. The molecule has 24 heavy (non-hydrogen) atoms. The SMILES string of the molecule is COc1ccc(C(C)(C)CC2=C[N]C(=O)N2)cc1OC1CCCC1. The Hall–Kier alpha value is -2.17. The first-order valence-corrected chi connectivity index (χ1v) is 8.54. The number of amides is 2. The molecule has 2 aliphatic rings. The summed E-state index contributed by atoms with van der Waals surface area (Å²) in [7, 11) is 1.67. The maximum absolute atomic E-state index is 11.2. The molecule has 0 aromatic heterocycles. The number of rotatable bonds is 6. The maximum atomic E-state index is 11.2. The van der Waals surface area contributed by atoms with Crippen molar-refractivity contribution < 1.29 is 14.3 Å². The molecule has 1 aromatic carbocycles. The summed E-state index contributed by atoms with van der Waals surface area (Å²) in [6.45, 7) is 4.30. The van der Waals surface area contributed by atoms with Crippen LogP contribution < -0.4 is 20.1 Å². The van der Waals surface area contributed by atoms with Crippen molar-refractivity contribution in [2.24, 2.45) is 0 Å². The zero-order valence-corrected chi connectivity index (χ0v) is 14.6. The number of carbonyl (C=O) groups is 1. The molecule has 1 aliphatic heterocycles. The summed E-state index contributed by atoms with van der Waals surface area (Å²) in [6, 6.07) is 5.81. The Morgan fingerprint density at radius 2 is 2.00 bits per heavy atom. The van der Waals surface area contributed by atoms with Gasteiger partial charge < -0.3 is 14.8 Å². The highest BCUT2D eigenvalue weighted by atomic mass is 16.5. The normalized spacial score (nSPS) is 18.1. The minimum Gasteiger partial charge on any atom is -0.493 e. The standard InChI is InChI=1S/C19H25N2O3/c1-19(2,11-14-12-20-18(22)21-14)13-8-9-16(23-3)17(10-13)24-15-6-4-5-7-15/h8-10,12,15H,4-7,11H2,1-3H3,(H,21,22). The van der Waals surface area contributed by atoms with Gasteiger partial charge in [0.1, 0.15) is 0 Å². The molecule has 0 unspecified atom stereocenters. The van der Waals surface area contributed by atoms with E-state index in [0.717, 1.165) is 35.6 Å². The third kappa shape index (κ3) is 3.66. The minimum absolute atomic E-state index is 0.154. The molecular weight excluding hydrogens is 304 g/mol. The fraction of sp³-hybridized carbons (Fsp3) is 0.526. The fourth-order valence-corrected chi connectivity index (χ4v) is 3.38. The average molecular weight is 329 g/mol. The van der Waals surface area contributed by atoms with Crippen molar-refractivity contribution in [1.82, 2.24) is 10.6 Å². The number of hydrogen-bond acceptors (Lipinski definition) is 3. The van der Waals surface area contributed by atoms with E-state index in [1.165, 1.54) is 12.8 Å². The molecule has 1 aliphatic carbocycles. The van der Waals surface area contributed by atoms with Crippen molar-refractivity contribution in [3.05, 3.63) is 35.7 Å². The second-order valence-corrected chi connectivity index (χ2v) is 7.16. The zero-order chi connectivity index (χ0) is 17.2. The van der Waals surface area contributed by atoms with Crippen LogP contribution in [0.3, 0.4) is 0 Å². The first kappa shape index (κ1) is 16.7. The molecule has 0 saturated heterocycles. The van der Waals surface area contributed by atoms with Crippen molar-refractivity contribution in [1.29, 1.82) is 0 Å². The van der Waals surface area contributed by atoms with Gasteiger partial charge in [0, 0.05) is 5.70 Å². The van der Waals surface area contributed by atoms with Gasteiger partial charge in [-0.3, -0.25) is 0 Å². The fourth-order valence-electron chi connectivity index (χ4n) is 3.38. The van der Waals surface area contributed by atoms with Crippen LogP contribution >= 0.6 is 0 Å². The molecular formula is C19H25N2O3. The highest BCUT2D eigenvalue weighted by Gasteiger charge is 2.27. The largest absolute Gasteiger partial charge is 0.493 e. The molecule has 1 radical (unpaired) electrons. The van der Waals surface area contributed by atoms with Crippen LogP contribution in [0.15, 0.2) is 30.1 Å². The van der Waals surface area contributed by atoms with Gasteiger partial charge in [-0.05, 0) is 55.2 Å². The Morgan fingerprint density at radius 3 is 2.62 bits per heavy atom. The monoisotopic (exact) mass is 329 g/mol. The van der Waals surface area contributed by atoms with Crippen molar-refractivity contribution in [3.8, 4) is 11.5 Å². The van der Waals surface area contributed by atoms with Crippen LogP contribution in [0.1, 0.15) is 51.5 Å². The van der Waals surface area contributed by atoms with E-state index in [2.05, 4.69) is 36.6 Å². The van der Waals surface area contributed by atoms with Crippen LogP contribution in [-0.4, -0.2) is 19.2 Å². The third-order valence-electron chi connectivity index (χ3n) is 4.78. The second kappa shape index (κ2) is 6.75. The molecule has 1 aromatic rings. The van der Waals surface area contributed by atoms with Gasteiger partial charge in [0.25, 0.3) is 0 Å². The summed E-state index contributed by atoms with van der Waals surface area (Å²) in [5.41, 5.74) is 1.84. The van der Waals surface area contributed by atoms with Crippen LogP contribution in [0.4, 0.5) is 4.79 Å². The van der Waals surface area contributed by atoms with Crippen molar-refractivity contribution in [2.45, 2.75) is 57.5 Å². The summed E-state index contributed by atoms with van der Waals surface area (Å²) in [6.07, 6.45) is 7.29.